The molecule has 0 amide bonds. The third kappa shape index (κ3) is 2.59. The van der Waals surface area contributed by atoms with Gasteiger partial charge in [-0.3, -0.25) is 14.7 Å². The number of fused-ring (bicyclic) bond motifs is 2. The summed E-state index contributed by atoms with van der Waals surface area (Å²) in [4.78, 5) is 30.3. The lowest BCUT2D eigenvalue weighted by Crippen LogP contribution is -2.23. The number of hydrogen-bond acceptors (Lipinski definition) is 4. The van der Waals surface area contributed by atoms with Crippen LogP contribution in [0.15, 0.2) is 70.3 Å². The molecule has 138 valence electrons. The van der Waals surface area contributed by atoms with Gasteiger partial charge in [-0.05, 0) is 24.6 Å². The van der Waals surface area contributed by atoms with Crippen LogP contribution in [0, 0.1) is 6.92 Å². The fourth-order valence-corrected chi connectivity index (χ4v) is 4.39. The zero-order valence-corrected chi connectivity index (χ0v) is 15.9. The highest BCUT2D eigenvalue weighted by Gasteiger charge is 2.17. The number of hydrogen-bond donors (Lipinski definition) is 1. The van der Waals surface area contributed by atoms with Crippen molar-refractivity contribution in [2.24, 2.45) is 0 Å². The number of benzene rings is 2. The molecule has 5 rings (SSSR count). The van der Waals surface area contributed by atoms with Gasteiger partial charge in [-0.1, -0.05) is 53.8 Å². The average molecular weight is 388 g/mol. The smallest absolute Gasteiger partial charge is 0.282 e. The molecule has 6 nitrogen and oxygen atoms in total. The van der Waals surface area contributed by atoms with Gasteiger partial charge in [-0.25, -0.2) is 4.98 Å². The number of rotatable bonds is 3. The molecular formula is C21H16N4O2S. The molecule has 0 aliphatic heterocycles. The van der Waals surface area contributed by atoms with E-state index in [0.29, 0.717) is 28.3 Å². The number of aromatic nitrogens is 4. The Kier molecular flexibility index (Phi) is 3.77. The number of thiazole rings is 1. The molecule has 2 aromatic carbocycles. The largest absolute Gasteiger partial charge is 0.308 e. The molecule has 0 radical (unpaired) electrons. The summed E-state index contributed by atoms with van der Waals surface area (Å²) in [6, 6.07) is 19.0. The van der Waals surface area contributed by atoms with Gasteiger partial charge in [0.25, 0.3) is 11.1 Å². The van der Waals surface area contributed by atoms with Crippen molar-refractivity contribution in [2.75, 3.05) is 0 Å². The van der Waals surface area contributed by atoms with E-state index < -0.39 is 0 Å². The van der Waals surface area contributed by atoms with Gasteiger partial charge in [0.15, 0.2) is 0 Å². The Balaban J connectivity index is 1.70. The summed E-state index contributed by atoms with van der Waals surface area (Å²) >= 11 is 1.43. The van der Waals surface area contributed by atoms with Crippen molar-refractivity contribution < 1.29 is 0 Å². The van der Waals surface area contributed by atoms with Crippen LogP contribution in [0.4, 0.5) is 0 Å². The summed E-state index contributed by atoms with van der Waals surface area (Å²) in [5.41, 5.74) is 2.67. The molecule has 0 bridgehead atoms. The van der Waals surface area contributed by atoms with Crippen LogP contribution in [0.3, 0.4) is 0 Å². The first kappa shape index (κ1) is 16.7. The molecular weight excluding hydrogens is 372 g/mol. The number of aryl methyl sites for hydroxylation is 1. The summed E-state index contributed by atoms with van der Waals surface area (Å²) in [6.45, 7) is 2.23. The summed E-state index contributed by atoms with van der Waals surface area (Å²) in [6.07, 6.45) is 0. The molecule has 28 heavy (non-hydrogen) atoms. The van der Waals surface area contributed by atoms with Gasteiger partial charge in [0.2, 0.25) is 5.13 Å². The molecule has 0 aliphatic rings. The van der Waals surface area contributed by atoms with Crippen molar-refractivity contribution in [3.63, 3.8) is 0 Å². The van der Waals surface area contributed by atoms with Crippen LogP contribution in [-0.2, 0) is 6.54 Å². The molecule has 1 N–H and O–H groups in total. The Hall–Kier alpha value is -3.45. The zero-order chi connectivity index (χ0) is 19.3. The molecule has 0 fully saturated rings. The number of nitrogens with zero attached hydrogens (tertiary/aromatic N) is 3. The Morgan fingerprint density at radius 1 is 1.04 bits per heavy atom. The minimum atomic E-state index is -0.201. The molecule has 7 heteroatoms. The van der Waals surface area contributed by atoms with E-state index in [1.165, 1.54) is 22.1 Å². The van der Waals surface area contributed by atoms with Crippen molar-refractivity contribution >= 4 is 32.5 Å². The van der Waals surface area contributed by atoms with Gasteiger partial charge >= 0.3 is 0 Å². The lowest BCUT2D eigenvalue weighted by atomic mass is 10.2. The second-order valence-corrected chi connectivity index (χ2v) is 7.65. The van der Waals surface area contributed by atoms with Gasteiger partial charge in [-0.2, -0.15) is 4.68 Å². The minimum Gasteiger partial charge on any atom is -0.308 e. The van der Waals surface area contributed by atoms with E-state index in [1.54, 1.807) is 4.57 Å². The lowest BCUT2D eigenvalue weighted by molar-refractivity contribution is 0.738. The summed E-state index contributed by atoms with van der Waals surface area (Å²) < 4.78 is 4.06. The quantitative estimate of drug-likeness (QED) is 0.515. The van der Waals surface area contributed by atoms with Crippen LogP contribution in [0.2, 0.25) is 0 Å². The van der Waals surface area contributed by atoms with E-state index in [-0.39, 0.29) is 11.1 Å². The summed E-state index contributed by atoms with van der Waals surface area (Å²) in [7, 11) is 0. The highest BCUT2D eigenvalue weighted by Crippen LogP contribution is 2.24. The SMILES string of the molecule is Cc1c2c(=O)n(-c3nc4ccccc4s3)[nH]c2cc(=O)n1Cc1ccccc1. The lowest BCUT2D eigenvalue weighted by Gasteiger charge is -2.10. The Morgan fingerprint density at radius 2 is 1.79 bits per heavy atom. The van der Waals surface area contributed by atoms with E-state index in [0.717, 1.165) is 15.8 Å². The molecule has 0 saturated heterocycles. The highest BCUT2D eigenvalue weighted by atomic mass is 32.1. The normalized spacial score (nSPS) is 11.5. The van der Waals surface area contributed by atoms with Crippen LogP contribution in [0.1, 0.15) is 11.3 Å². The molecule has 3 heterocycles. The fourth-order valence-electron chi connectivity index (χ4n) is 3.46. The van der Waals surface area contributed by atoms with Gasteiger partial charge in [-0.15, -0.1) is 0 Å². The number of nitrogens with one attached hydrogen (secondary N) is 1. The summed E-state index contributed by atoms with van der Waals surface area (Å²) in [5.74, 6) is 0. The molecule has 3 aromatic heterocycles. The van der Waals surface area contributed by atoms with Crippen LogP contribution in [0.5, 0.6) is 0 Å². The zero-order valence-electron chi connectivity index (χ0n) is 15.0. The van der Waals surface area contributed by atoms with E-state index in [9.17, 15) is 9.59 Å². The van der Waals surface area contributed by atoms with Crippen LogP contribution in [-0.4, -0.2) is 19.3 Å². The standard InChI is InChI=1S/C21H16N4O2S/c1-13-19-16(11-18(26)24(13)12-14-7-3-2-4-8-14)23-25(20(19)27)21-22-15-9-5-6-10-17(15)28-21/h2-11,23H,12H2,1H3. The van der Waals surface area contributed by atoms with Gasteiger partial charge in [0.1, 0.15) is 0 Å². The maximum atomic E-state index is 13.1. The molecule has 0 saturated carbocycles. The first-order valence-electron chi connectivity index (χ1n) is 8.87. The van der Waals surface area contributed by atoms with Crippen molar-refractivity contribution in [1.29, 1.82) is 0 Å². The first-order valence-corrected chi connectivity index (χ1v) is 9.68. The Morgan fingerprint density at radius 3 is 2.57 bits per heavy atom. The second kappa shape index (κ2) is 6.31. The number of para-hydroxylation sites is 1. The van der Waals surface area contributed by atoms with Gasteiger partial charge in [0, 0.05) is 11.8 Å². The minimum absolute atomic E-state index is 0.147. The monoisotopic (exact) mass is 388 g/mol. The third-order valence-electron chi connectivity index (χ3n) is 4.88. The third-order valence-corrected chi connectivity index (χ3v) is 5.90. The Bertz CT molecular complexity index is 1410. The van der Waals surface area contributed by atoms with Gasteiger partial charge in [0.05, 0.1) is 27.7 Å². The molecule has 0 unspecified atom stereocenters. The molecule has 0 atom stereocenters. The highest BCUT2D eigenvalue weighted by molar-refractivity contribution is 7.20. The fraction of sp³-hybridized carbons (Fsp3) is 0.0952. The van der Waals surface area contributed by atoms with Gasteiger partial charge < -0.3 is 4.57 Å². The molecule has 5 aromatic rings. The maximum absolute atomic E-state index is 13.1. The number of H-pyrrole nitrogens is 1. The van der Waals surface area contributed by atoms with Crippen molar-refractivity contribution in [3.05, 3.63) is 92.6 Å². The van der Waals surface area contributed by atoms with Crippen LogP contribution < -0.4 is 11.1 Å². The van der Waals surface area contributed by atoms with Crippen molar-refractivity contribution in [1.82, 2.24) is 19.3 Å². The maximum Gasteiger partial charge on any atom is 0.282 e. The molecule has 0 aliphatic carbocycles. The van der Waals surface area contributed by atoms with Crippen LogP contribution >= 0.6 is 11.3 Å². The number of aromatic amines is 1. The second-order valence-electron chi connectivity index (χ2n) is 6.64. The topological polar surface area (TPSA) is 72.7 Å². The average Bonchev–Trinajstić information content (AvgIpc) is 3.27. The predicted octanol–water partition coefficient (Wildman–Crippen LogP) is 3.45. The van der Waals surface area contributed by atoms with Crippen LogP contribution in [0.25, 0.3) is 26.3 Å². The van der Waals surface area contributed by atoms with Crippen molar-refractivity contribution in [2.45, 2.75) is 13.5 Å². The predicted molar refractivity (Wildman–Crippen MR) is 112 cm³/mol. The first-order chi connectivity index (χ1) is 13.6. The number of pyridine rings is 1. The van der Waals surface area contributed by atoms with E-state index in [2.05, 4.69) is 10.1 Å². The Labute approximate surface area is 163 Å². The van der Waals surface area contributed by atoms with E-state index in [1.807, 2.05) is 61.5 Å². The van der Waals surface area contributed by atoms with E-state index >= 15 is 0 Å². The summed E-state index contributed by atoms with van der Waals surface area (Å²) in [5, 5.41) is 4.12. The van der Waals surface area contributed by atoms with E-state index in [4.69, 9.17) is 0 Å². The molecule has 0 spiro atoms. The van der Waals surface area contributed by atoms with Crippen molar-refractivity contribution in [3.8, 4) is 5.13 Å².